The number of furan rings is 1. The highest BCUT2D eigenvalue weighted by Crippen LogP contribution is 2.29. The smallest absolute Gasteiger partial charge is 0.339 e. The van der Waals surface area contributed by atoms with Gasteiger partial charge in [0.1, 0.15) is 11.3 Å². The van der Waals surface area contributed by atoms with Gasteiger partial charge in [0, 0.05) is 12.1 Å². The van der Waals surface area contributed by atoms with E-state index in [-0.39, 0.29) is 18.0 Å². The molecule has 0 unspecified atom stereocenters. The lowest BCUT2D eigenvalue weighted by molar-refractivity contribution is -0.118. The Hall–Kier alpha value is -2.56. The van der Waals surface area contributed by atoms with Gasteiger partial charge in [-0.2, -0.15) is 0 Å². The van der Waals surface area contributed by atoms with Gasteiger partial charge in [-0.15, -0.1) is 0 Å². The molecule has 5 heteroatoms. The number of aryl methyl sites for hydroxylation is 1. The Balaban J connectivity index is 1.98. The molecule has 2 aromatic rings. The van der Waals surface area contributed by atoms with Crippen LogP contribution in [0.1, 0.15) is 34.5 Å². The summed E-state index contributed by atoms with van der Waals surface area (Å²) in [4.78, 5) is 25.1. The molecule has 21 heavy (non-hydrogen) atoms. The van der Waals surface area contributed by atoms with Crippen molar-refractivity contribution in [3.8, 4) is 0 Å². The molecule has 1 aromatic carbocycles. The maximum Gasteiger partial charge on any atom is 0.339 e. The van der Waals surface area contributed by atoms with Crippen LogP contribution >= 0.6 is 0 Å². The summed E-state index contributed by atoms with van der Waals surface area (Å²) in [7, 11) is 0. The first-order valence-corrected chi connectivity index (χ1v) is 6.85. The van der Waals surface area contributed by atoms with Crippen molar-refractivity contribution in [2.75, 3.05) is 4.90 Å². The minimum Gasteiger partial charge on any atom is -0.478 e. The number of carboxylic acids is 1. The highest BCUT2D eigenvalue weighted by molar-refractivity contribution is 5.95. The van der Waals surface area contributed by atoms with Crippen molar-refractivity contribution in [1.29, 1.82) is 0 Å². The van der Waals surface area contributed by atoms with E-state index in [0.29, 0.717) is 12.2 Å². The molecule has 1 aliphatic heterocycles. The molecule has 0 saturated carbocycles. The van der Waals surface area contributed by atoms with Gasteiger partial charge in [-0.25, -0.2) is 4.79 Å². The second-order valence-electron chi connectivity index (χ2n) is 5.02. The number of carboxylic acid groups (broad SMARTS) is 1. The van der Waals surface area contributed by atoms with Crippen LogP contribution in [0.5, 0.6) is 0 Å². The zero-order valence-electron chi connectivity index (χ0n) is 11.4. The van der Waals surface area contributed by atoms with E-state index in [1.54, 1.807) is 4.90 Å². The number of carbonyl (C=O) groups excluding carboxylic acids is 1. The summed E-state index contributed by atoms with van der Waals surface area (Å²) in [5.41, 5.74) is 2.05. The first-order chi connectivity index (χ1) is 10.2. The number of carbonyl (C=O) groups is 2. The molecule has 0 spiro atoms. The molecule has 1 aromatic heterocycles. The summed E-state index contributed by atoms with van der Waals surface area (Å²) < 4.78 is 5.26. The molecule has 1 aliphatic rings. The number of nitrogens with zero attached hydrogens (tertiary/aromatic N) is 1. The number of hydrogen-bond acceptors (Lipinski definition) is 3. The largest absolute Gasteiger partial charge is 0.478 e. The number of rotatable bonds is 3. The number of hydrogen-bond donors (Lipinski definition) is 1. The molecule has 0 atom stereocenters. The standard InChI is InChI=1S/C16H15NO4/c18-15-7-3-5-11-4-1-2-6-13(11)17(15)10-14-12(16(19)20)8-9-21-14/h1-2,4,6,8-9H,3,5,7,10H2,(H,19,20). The van der Waals surface area contributed by atoms with E-state index >= 15 is 0 Å². The lowest BCUT2D eigenvalue weighted by Crippen LogP contribution is -2.30. The minimum absolute atomic E-state index is 0.00677. The van der Waals surface area contributed by atoms with E-state index in [1.807, 2.05) is 24.3 Å². The molecule has 1 amide bonds. The van der Waals surface area contributed by atoms with Gasteiger partial charge in [0.15, 0.2) is 0 Å². The van der Waals surface area contributed by atoms with Crippen LogP contribution in [0.15, 0.2) is 41.0 Å². The van der Waals surface area contributed by atoms with Gasteiger partial charge in [0.25, 0.3) is 0 Å². The number of anilines is 1. The molecule has 1 N–H and O–H groups in total. The van der Waals surface area contributed by atoms with Crippen LogP contribution in [0.3, 0.4) is 0 Å². The van der Waals surface area contributed by atoms with Crippen molar-refractivity contribution in [3.05, 3.63) is 53.5 Å². The molecule has 3 rings (SSSR count). The minimum atomic E-state index is -1.05. The second-order valence-corrected chi connectivity index (χ2v) is 5.02. The second kappa shape index (κ2) is 5.44. The number of benzene rings is 1. The van der Waals surface area contributed by atoms with Crippen LogP contribution in [0.2, 0.25) is 0 Å². The van der Waals surface area contributed by atoms with Gasteiger partial charge >= 0.3 is 5.97 Å². The van der Waals surface area contributed by atoms with Crippen LogP contribution in [0, 0.1) is 0 Å². The fourth-order valence-corrected chi connectivity index (χ4v) is 2.66. The third-order valence-corrected chi connectivity index (χ3v) is 3.70. The number of aromatic carboxylic acids is 1. The Morgan fingerprint density at radius 3 is 2.86 bits per heavy atom. The molecule has 0 fully saturated rings. The molecule has 5 nitrogen and oxygen atoms in total. The average Bonchev–Trinajstić information content (AvgIpc) is 2.87. The van der Waals surface area contributed by atoms with Crippen molar-refractivity contribution < 1.29 is 19.1 Å². The predicted octanol–water partition coefficient (Wildman–Crippen LogP) is 2.85. The summed E-state index contributed by atoms with van der Waals surface area (Å²) in [6.07, 6.45) is 3.45. The van der Waals surface area contributed by atoms with E-state index in [4.69, 9.17) is 9.52 Å². The summed E-state index contributed by atoms with van der Waals surface area (Å²) in [5.74, 6) is -0.755. The Bertz CT molecular complexity index is 689. The zero-order valence-corrected chi connectivity index (χ0v) is 11.4. The Morgan fingerprint density at radius 2 is 2.05 bits per heavy atom. The van der Waals surface area contributed by atoms with Crippen LogP contribution in [0.4, 0.5) is 5.69 Å². The zero-order chi connectivity index (χ0) is 14.8. The van der Waals surface area contributed by atoms with E-state index in [9.17, 15) is 9.59 Å². The Kier molecular flexibility index (Phi) is 3.48. The molecule has 0 bridgehead atoms. The van der Waals surface area contributed by atoms with E-state index < -0.39 is 5.97 Å². The van der Waals surface area contributed by atoms with Crippen molar-refractivity contribution in [2.24, 2.45) is 0 Å². The van der Waals surface area contributed by atoms with Gasteiger partial charge < -0.3 is 14.4 Å². The molecular weight excluding hydrogens is 270 g/mol. The van der Waals surface area contributed by atoms with E-state index in [0.717, 1.165) is 24.1 Å². The highest BCUT2D eigenvalue weighted by atomic mass is 16.4. The maximum atomic E-state index is 12.3. The van der Waals surface area contributed by atoms with Crippen molar-refractivity contribution in [2.45, 2.75) is 25.8 Å². The maximum absolute atomic E-state index is 12.3. The van der Waals surface area contributed by atoms with Crippen LogP contribution < -0.4 is 4.90 Å². The fourth-order valence-electron chi connectivity index (χ4n) is 2.66. The number of amides is 1. The van der Waals surface area contributed by atoms with Crippen molar-refractivity contribution >= 4 is 17.6 Å². The van der Waals surface area contributed by atoms with Crippen LogP contribution in [0.25, 0.3) is 0 Å². The molecule has 108 valence electrons. The summed E-state index contributed by atoms with van der Waals surface area (Å²) in [6, 6.07) is 9.13. The molecule has 0 saturated heterocycles. The lowest BCUT2D eigenvalue weighted by atomic mass is 10.1. The SMILES string of the molecule is O=C(O)c1ccoc1CN1C(=O)CCCc2ccccc21. The summed E-state index contributed by atoms with van der Waals surface area (Å²) in [5, 5.41) is 9.14. The first-order valence-electron chi connectivity index (χ1n) is 6.85. The third kappa shape index (κ3) is 2.54. The predicted molar refractivity (Wildman–Crippen MR) is 76.2 cm³/mol. The van der Waals surface area contributed by atoms with E-state index in [1.165, 1.54) is 12.3 Å². The average molecular weight is 285 g/mol. The molecule has 0 radical (unpaired) electrons. The fraction of sp³-hybridized carbons (Fsp3) is 0.250. The third-order valence-electron chi connectivity index (χ3n) is 3.70. The number of fused-ring (bicyclic) bond motifs is 1. The first kappa shape index (κ1) is 13.4. The van der Waals surface area contributed by atoms with Crippen molar-refractivity contribution in [3.63, 3.8) is 0 Å². The summed E-state index contributed by atoms with van der Waals surface area (Å²) in [6.45, 7) is 0.143. The van der Waals surface area contributed by atoms with Crippen LogP contribution in [-0.2, 0) is 17.8 Å². The highest BCUT2D eigenvalue weighted by Gasteiger charge is 2.25. The quantitative estimate of drug-likeness (QED) is 0.941. The van der Waals surface area contributed by atoms with Crippen molar-refractivity contribution in [1.82, 2.24) is 0 Å². The lowest BCUT2D eigenvalue weighted by Gasteiger charge is -2.22. The monoisotopic (exact) mass is 285 g/mol. The van der Waals surface area contributed by atoms with Gasteiger partial charge in [0.2, 0.25) is 5.91 Å². The number of para-hydroxylation sites is 1. The molecular formula is C16H15NO4. The van der Waals surface area contributed by atoms with E-state index in [2.05, 4.69) is 0 Å². The normalized spacial score (nSPS) is 14.7. The van der Waals surface area contributed by atoms with Gasteiger partial charge in [-0.1, -0.05) is 18.2 Å². The topological polar surface area (TPSA) is 70.8 Å². The van der Waals surface area contributed by atoms with Gasteiger partial charge in [-0.05, 0) is 30.5 Å². The Morgan fingerprint density at radius 1 is 1.24 bits per heavy atom. The van der Waals surface area contributed by atoms with Gasteiger partial charge in [-0.3, -0.25) is 4.79 Å². The van der Waals surface area contributed by atoms with Gasteiger partial charge in [0.05, 0.1) is 12.8 Å². The molecule has 2 heterocycles. The molecule has 0 aliphatic carbocycles. The summed E-state index contributed by atoms with van der Waals surface area (Å²) >= 11 is 0. The van der Waals surface area contributed by atoms with Crippen LogP contribution in [-0.4, -0.2) is 17.0 Å². The Labute approximate surface area is 121 Å².